The van der Waals surface area contributed by atoms with Gasteiger partial charge in [-0.2, -0.15) is 4.99 Å². The molecule has 3 rings (SSSR count). The summed E-state index contributed by atoms with van der Waals surface area (Å²) in [6.45, 7) is 3.79. The van der Waals surface area contributed by atoms with E-state index in [2.05, 4.69) is 15.3 Å². The van der Waals surface area contributed by atoms with E-state index in [0.717, 1.165) is 16.9 Å². The van der Waals surface area contributed by atoms with Gasteiger partial charge in [0.2, 0.25) is 5.13 Å². The summed E-state index contributed by atoms with van der Waals surface area (Å²) in [4.78, 5) is 33.5. The van der Waals surface area contributed by atoms with Crippen LogP contribution >= 0.6 is 23.1 Å². The van der Waals surface area contributed by atoms with Crippen LogP contribution in [0.2, 0.25) is 0 Å². The van der Waals surface area contributed by atoms with Crippen molar-refractivity contribution in [2.75, 3.05) is 6.61 Å². The number of thioether (sulfide) groups is 1. The second-order valence-electron chi connectivity index (χ2n) is 5.02. The first-order chi connectivity index (χ1) is 12.1. The van der Waals surface area contributed by atoms with Crippen molar-refractivity contribution in [2.45, 2.75) is 13.8 Å². The molecular formula is C17H15N3O3S2. The molecule has 1 amide bonds. The van der Waals surface area contributed by atoms with Gasteiger partial charge in [-0.15, -0.1) is 0 Å². The normalized spacial score (nSPS) is 17.1. The topological polar surface area (TPSA) is 80.6 Å². The average Bonchev–Trinajstić information content (AvgIpc) is 3.11. The van der Waals surface area contributed by atoms with Crippen LogP contribution in [0.15, 0.2) is 40.2 Å². The van der Waals surface area contributed by atoms with Gasteiger partial charge in [-0.05, 0) is 37.2 Å². The summed E-state index contributed by atoms with van der Waals surface area (Å²) >= 11 is 2.39. The number of nitrogens with zero attached hydrogens (tertiary/aromatic N) is 2. The van der Waals surface area contributed by atoms with Crippen molar-refractivity contribution in [2.24, 2.45) is 4.99 Å². The summed E-state index contributed by atoms with van der Waals surface area (Å²) in [5, 5.41) is 3.56. The van der Waals surface area contributed by atoms with Crippen molar-refractivity contribution in [3.8, 4) is 0 Å². The Morgan fingerprint density at radius 3 is 2.84 bits per heavy atom. The molecule has 0 spiro atoms. The Morgan fingerprint density at radius 1 is 1.36 bits per heavy atom. The summed E-state index contributed by atoms with van der Waals surface area (Å²) in [7, 11) is 0. The number of carbonyl (C=O) groups excluding carboxylic acids is 2. The van der Waals surface area contributed by atoms with Gasteiger partial charge in [0.05, 0.1) is 17.2 Å². The first-order valence-electron chi connectivity index (χ1n) is 7.56. The fourth-order valence-corrected chi connectivity index (χ4v) is 3.80. The lowest BCUT2D eigenvalue weighted by Crippen LogP contribution is -2.19. The monoisotopic (exact) mass is 373 g/mol. The molecule has 0 radical (unpaired) electrons. The van der Waals surface area contributed by atoms with E-state index >= 15 is 0 Å². The lowest BCUT2D eigenvalue weighted by molar-refractivity contribution is -0.115. The van der Waals surface area contributed by atoms with Crippen LogP contribution in [0, 0.1) is 6.92 Å². The highest BCUT2D eigenvalue weighted by Crippen LogP contribution is 2.31. The Labute approximate surface area is 153 Å². The van der Waals surface area contributed by atoms with Crippen molar-refractivity contribution < 1.29 is 14.3 Å². The number of nitrogens with one attached hydrogen (secondary N) is 1. The molecule has 1 aliphatic rings. The van der Waals surface area contributed by atoms with Gasteiger partial charge in [0, 0.05) is 0 Å². The largest absolute Gasteiger partial charge is 0.462 e. The molecule has 25 heavy (non-hydrogen) atoms. The van der Waals surface area contributed by atoms with Crippen LogP contribution in [0.4, 0.5) is 5.13 Å². The summed E-state index contributed by atoms with van der Waals surface area (Å²) in [6, 6.07) is 9.59. The highest BCUT2D eigenvalue weighted by molar-refractivity contribution is 8.18. The second-order valence-corrected chi connectivity index (χ2v) is 7.03. The van der Waals surface area contributed by atoms with Crippen LogP contribution in [-0.2, 0) is 9.53 Å². The quantitative estimate of drug-likeness (QED) is 0.655. The molecule has 8 heteroatoms. The zero-order valence-corrected chi connectivity index (χ0v) is 15.2. The molecule has 1 saturated heterocycles. The maximum Gasteiger partial charge on any atom is 0.350 e. The number of ether oxygens (including phenoxy) is 1. The molecule has 1 aromatic heterocycles. The Morgan fingerprint density at radius 2 is 2.12 bits per heavy atom. The van der Waals surface area contributed by atoms with Crippen LogP contribution in [-0.4, -0.2) is 28.6 Å². The molecule has 0 bridgehead atoms. The highest BCUT2D eigenvalue weighted by atomic mass is 32.2. The van der Waals surface area contributed by atoms with Crippen molar-refractivity contribution >= 4 is 51.4 Å². The number of aliphatic imine (C=N–C) groups is 1. The molecular weight excluding hydrogens is 358 g/mol. The van der Waals surface area contributed by atoms with Crippen LogP contribution in [0.1, 0.15) is 27.9 Å². The first kappa shape index (κ1) is 17.4. The van der Waals surface area contributed by atoms with Gasteiger partial charge >= 0.3 is 5.97 Å². The number of aryl methyl sites for hydroxylation is 1. The third-order valence-corrected chi connectivity index (χ3v) is 5.13. The van der Waals surface area contributed by atoms with Gasteiger partial charge < -0.3 is 10.1 Å². The van der Waals surface area contributed by atoms with E-state index in [1.165, 1.54) is 11.8 Å². The summed E-state index contributed by atoms with van der Waals surface area (Å²) < 4.78 is 4.99. The van der Waals surface area contributed by atoms with Crippen LogP contribution in [0.5, 0.6) is 0 Å². The van der Waals surface area contributed by atoms with E-state index in [4.69, 9.17) is 4.74 Å². The molecule has 2 heterocycles. The third-order valence-electron chi connectivity index (χ3n) is 3.19. The molecule has 128 valence electrons. The highest BCUT2D eigenvalue weighted by Gasteiger charge is 2.25. The standard InChI is InChI=1S/C17H15N3O3S2/c1-3-23-15(22)13-10(2)18-16(25-13)20-17-19-14(21)12(24-17)9-11-7-5-4-6-8-11/h4-9H,3H2,1-2H3,(H,18,19,20,21)/b12-9-. The van der Waals surface area contributed by atoms with Crippen molar-refractivity contribution in [1.29, 1.82) is 0 Å². The zero-order chi connectivity index (χ0) is 17.8. The number of hydrogen-bond donors (Lipinski definition) is 1. The lowest BCUT2D eigenvalue weighted by Gasteiger charge is -1.97. The van der Waals surface area contributed by atoms with Crippen molar-refractivity contribution in [1.82, 2.24) is 10.3 Å². The van der Waals surface area contributed by atoms with Crippen molar-refractivity contribution in [3.05, 3.63) is 51.4 Å². The molecule has 0 saturated carbocycles. The molecule has 1 N–H and O–H groups in total. The minimum atomic E-state index is -0.406. The molecule has 1 fully saturated rings. The van der Waals surface area contributed by atoms with Gasteiger partial charge in [0.1, 0.15) is 4.88 Å². The van der Waals surface area contributed by atoms with Gasteiger partial charge in [-0.3, -0.25) is 4.79 Å². The fourth-order valence-electron chi connectivity index (χ4n) is 2.08. The molecule has 1 aromatic carbocycles. The van der Waals surface area contributed by atoms with E-state index in [1.807, 2.05) is 30.3 Å². The number of amides is 1. The number of thiazole rings is 1. The molecule has 2 aromatic rings. The molecule has 0 unspecified atom stereocenters. The van der Waals surface area contributed by atoms with Crippen molar-refractivity contribution in [3.63, 3.8) is 0 Å². The number of rotatable bonds is 4. The lowest BCUT2D eigenvalue weighted by atomic mass is 10.2. The Bertz CT molecular complexity index is 873. The maximum atomic E-state index is 12.1. The minimum Gasteiger partial charge on any atom is -0.462 e. The third kappa shape index (κ3) is 4.15. The smallest absolute Gasteiger partial charge is 0.350 e. The number of aromatic nitrogens is 1. The summed E-state index contributed by atoms with van der Waals surface area (Å²) in [5.41, 5.74) is 1.51. The second kappa shape index (κ2) is 7.62. The number of benzene rings is 1. The van der Waals surface area contributed by atoms with E-state index in [1.54, 1.807) is 19.9 Å². The predicted octanol–water partition coefficient (Wildman–Crippen LogP) is 3.52. The van der Waals surface area contributed by atoms with Gasteiger partial charge in [-0.1, -0.05) is 41.7 Å². The molecule has 0 aliphatic carbocycles. The molecule has 6 nitrogen and oxygen atoms in total. The summed E-state index contributed by atoms with van der Waals surface area (Å²) in [6.07, 6.45) is 1.81. The number of carbonyl (C=O) groups is 2. The maximum absolute atomic E-state index is 12.1. The van der Waals surface area contributed by atoms with Gasteiger partial charge in [0.15, 0.2) is 5.17 Å². The zero-order valence-electron chi connectivity index (χ0n) is 13.6. The Kier molecular flexibility index (Phi) is 5.30. The van der Waals surface area contributed by atoms with Crippen LogP contribution in [0.3, 0.4) is 0 Å². The van der Waals surface area contributed by atoms with Gasteiger partial charge in [-0.25, -0.2) is 9.78 Å². The van der Waals surface area contributed by atoms with Gasteiger partial charge in [0.25, 0.3) is 5.91 Å². The van der Waals surface area contributed by atoms with Crippen LogP contribution < -0.4 is 5.32 Å². The number of esters is 1. The molecule has 1 aliphatic heterocycles. The molecule has 0 atom stereocenters. The predicted molar refractivity (Wildman–Crippen MR) is 100 cm³/mol. The number of amidine groups is 1. The summed E-state index contributed by atoms with van der Waals surface area (Å²) in [5.74, 6) is -0.608. The SMILES string of the molecule is CCOC(=O)c1sc(/N=C2\NC(=O)/C(=C/c3ccccc3)S2)nc1C. The van der Waals surface area contributed by atoms with Crippen LogP contribution in [0.25, 0.3) is 6.08 Å². The fraction of sp³-hybridized carbons (Fsp3) is 0.176. The van der Waals surface area contributed by atoms with E-state index in [9.17, 15) is 9.59 Å². The Balaban J connectivity index is 1.79. The Hall–Kier alpha value is -2.45. The van der Waals surface area contributed by atoms with E-state index < -0.39 is 5.97 Å². The first-order valence-corrected chi connectivity index (χ1v) is 9.19. The average molecular weight is 373 g/mol. The number of hydrogen-bond acceptors (Lipinski definition) is 7. The van der Waals surface area contributed by atoms with E-state index in [-0.39, 0.29) is 5.91 Å². The minimum absolute atomic E-state index is 0.202. The van der Waals surface area contributed by atoms with E-state index in [0.29, 0.717) is 32.4 Å².